The third kappa shape index (κ3) is 4.61. The lowest BCUT2D eigenvalue weighted by atomic mass is 10.1. The van der Waals surface area contributed by atoms with Crippen molar-refractivity contribution in [3.05, 3.63) is 27.7 Å². The van der Waals surface area contributed by atoms with Gasteiger partial charge in [-0.1, -0.05) is 27.5 Å². The molecular weight excluding hydrogens is 362 g/mol. The predicted molar refractivity (Wildman–Crippen MR) is 81.6 cm³/mol. The number of carbonyl (C=O) groups excluding carboxylic acids is 1. The van der Waals surface area contributed by atoms with Crippen LogP contribution in [0.25, 0.3) is 0 Å². The first kappa shape index (κ1) is 16.1. The van der Waals surface area contributed by atoms with Gasteiger partial charge in [-0.3, -0.25) is 9.59 Å². The lowest BCUT2D eigenvalue weighted by molar-refractivity contribution is -0.141. The average Bonchev–Trinajstić information content (AvgIpc) is 2.86. The Morgan fingerprint density at radius 1 is 1.43 bits per heavy atom. The van der Waals surface area contributed by atoms with Crippen molar-refractivity contribution in [1.29, 1.82) is 0 Å². The zero-order valence-corrected chi connectivity index (χ0v) is 13.5. The molecule has 0 radical (unpaired) electrons. The number of benzene rings is 1. The van der Waals surface area contributed by atoms with Crippen molar-refractivity contribution in [1.82, 2.24) is 5.32 Å². The molecule has 2 rings (SSSR count). The van der Waals surface area contributed by atoms with E-state index in [4.69, 9.17) is 21.4 Å². The van der Waals surface area contributed by atoms with E-state index in [9.17, 15) is 9.59 Å². The molecule has 0 heterocycles. The van der Waals surface area contributed by atoms with Crippen molar-refractivity contribution in [2.45, 2.75) is 25.3 Å². The maximum absolute atomic E-state index is 11.8. The number of nitrogens with one attached hydrogen (secondary N) is 1. The molecule has 114 valence electrons. The molecule has 1 saturated carbocycles. The van der Waals surface area contributed by atoms with Gasteiger partial charge in [0.25, 0.3) is 5.91 Å². The predicted octanol–water partition coefficient (Wildman–Crippen LogP) is 2.85. The topological polar surface area (TPSA) is 75.6 Å². The van der Waals surface area contributed by atoms with E-state index >= 15 is 0 Å². The van der Waals surface area contributed by atoms with Crippen LogP contribution >= 0.6 is 27.5 Å². The van der Waals surface area contributed by atoms with Crippen LogP contribution in [0, 0.1) is 5.92 Å². The number of carboxylic acids is 1. The van der Waals surface area contributed by atoms with Gasteiger partial charge in [-0.05, 0) is 37.5 Å². The maximum Gasteiger partial charge on any atom is 0.306 e. The zero-order valence-electron chi connectivity index (χ0n) is 11.1. The number of rotatable bonds is 5. The summed E-state index contributed by atoms with van der Waals surface area (Å²) in [6.07, 6.45) is 1.75. The van der Waals surface area contributed by atoms with Gasteiger partial charge in [0.1, 0.15) is 5.75 Å². The molecule has 1 aliphatic carbocycles. The van der Waals surface area contributed by atoms with E-state index in [-0.39, 0.29) is 24.5 Å². The van der Waals surface area contributed by atoms with Crippen LogP contribution in [-0.2, 0) is 9.59 Å². The van der Waals surface area contributed by atoms with E-state index in [0.29, 0.717) is 30.0 Å². The first-order valence-electron chi connectivity index (χ1n) is 6.55. The third-order valence-corrected chi connectivity index (χ3v) is 4.19. The summed E-state index contributed by atoms with van der Waals surface area (Å²) in [5.74, 6) is -1.00. The van der Waals surface area contributed by atoms with Crippen LogP contribution in [0.1, 0.15) is 19.3 Å². The summed E-state index contributed by atoms with van der Waals surface area (Å²) in [5, 5.41) is 12.1. The fourth-order valence-corrected chi connectivity index (χ4v) is 3.07. The van der Waals surface area contributed by atoms with Crippen LogP contribution in [0.5, 0.6) is 5.75 Å². The van der Waals surface area contributed by atoms with Crippen molar-refractivity contribution < 1.29 is 19.4 Å². The Kier molecular flexibility index (Phi) is 5.47. The lowest BCUT2D eigenvalue weighted by Crippen LogP contribution is -2.36. The number of amides is 1. The zero-order chi connectivity index (χ0) is 15.4. The summed E-state index contributed by atoms with van der Waals surface area (Å²) >= 11 is 9.27. The van der Waals surface area contributed by atoms with E-state index < -0.39 is 5.97 Å². The summed E-state index contributed by atoms with van der Waals surface area (Å²) < 4.78 is 6.19. The minimum atomic E-state index is -0.801. The van der Waals surface area contributed by atoms with Crippen LogP contribution in [-0.4, -0.2) is 29.6 Å². The van der Waals surface area contributed by atoms with Crippen molar-refractivity contribution in [3.8, 4) is 5.75 Å². The second-order valence-electron chi connectivity index (χ2n) is 4.98. The minimum Gasteiger partial charge on any atom is -0.482 e. The Hall–Kier alpha value is -1.27. The fraction of sp³-hybridized carbons (Fsp3) is 0.429. The number of aliphatic carboxylic acids is 1. The first-order chi connectivity index (χ1) is 9.95. The Balaban J connectivity index is 1.79. The molecule has 0 saturated heterocycles. The molecule has 0 bridgehead atoms. The van der Waals surface area contributed by atoms with Crippen molar-refractivity contribution in [2.24, 2.45) is 5.92 Å². The molecule has 1 aromatic rings. The van der Waals surface area contributed by atoms with Crippen LogP contribution in [0.4, 0.5) is 0 Å². The van der Waals surface area contributed by atoms with Crippen LogP contribution in [0.2, 0.25) is 5.02 Å². The van der Waals surface area contributed by atoms with Gasteiger partial charge in [0.15, 0.2) is 6.61 Å². The highest BCUT2D eigenvalue weighted by molar-refractivity contribution is 9.10. The van der Waals surface area contributed by atoms with Gasteiger partial charge in [0.05, 0.1) is 10.9 Å². The third-order valence-electron chi connectivity index (χ3n) is 3.40. The van der Waals surface area contributed by atoms with Gasteiger partial charge in [-0.2, -0.15) is 0 Å². The largest absolute Gasteiger partial charge is 0.482 e. The Morgan fingerprint density at radius 2 is 2.19 bits per heavy atom. The van der Waals surface area contributed by atoms with E-state index in [0.717, 1.165) is 4.47 Å². The molecule has 0 aliphatic heterocycles. The molecule has 21 heavy (non-hydrogen) atoms. The molecule has 1 aromatic carbocycles. The molecule has 1 fully saturated rings. The number of halogens is 2. The van der Waals surface area contributed by atoms with Gasteiger partial charge in [0.2, 0.25) is 0 Å². The fourth-order valence-electron chi connectivity index (χ4n) is 2.34. The van der Waals surface area contributed by atoms with Gasteiger partial charge in [-0.25, -0.2) is 0 Å². The molecule has 2 N–H and O–H groups in total. The Bertz CT molecular complexity index is 552. The molecular formula is C14H15BrClNO4. The van der Waals surface area contributed by atoms with Crippen LogP contribution in [0.15, 0.2) is 22.7 Å². The summed E-state index contributed by atoms with van der Waals surface area (Å²) in [6.45, 7) is -0.143. The van der Waals surface area contributed by atoms with Crippen molar-refractivity contribution in [2.75, 3.05) is 6.61 Å². The number of hydrogen-bond donors (Lipinski definition) is 2. The maximum atomic E-state index is 11.8. The first-order valence-corrected chi connectivity index (χ1v) is 7.73. The number of carbonyl (C=O) groups is 2. The van der Waals surface area contributed by atoms with E-state index in [1.165, 1.54) is 0 Å². The Morgan fingerprint density at radius 3 is 2.81 bits per heavy atom. The highest BCUT2D eigenvalue weighted by atomic mass is 79.9. The van der Waals surface area contributed by atoms with E-state index in [2.05, 4.69) is 21.2 Å². The highest BCUT2D eigenvalue weighted by Crippen LogP contribution is 2.28. The molecule has 0 spiro atoms. The Labute approximate surface area is 135 Å². The normalized spacial score (nSPS) is 21.0. The van der Waals surface area contributed by atoms with Gasteiger partial charge >= 0.3 is 5.97 Å². The van der Waals surface area contributed by atoms with E-state index in [1.54, 1.807) is 18.2 Å². The molecule has 5 nitrogen and oxygen atoms in total. The summed E-state index contributed by atoms with van der Waals surface area (Å²) in [4.78, 5) is 22.6. The van der Waals surface area contributed by atoms with Crippen molar-refractivity contribution >= 4 is 39.4 Å². The summed E-state index contributed by atoms with van der Waals surface area (Å²) in [5.41, 5.74) is 0. The monoisotopic (exact) mass is 375 g/mol. The number of ether oxygens (including phenoxy) is 1. The smallest absolute Gasteiger partial charge is 0.306 e. The second kappa shape index (κ2) is 7.13. The average molecular weight is 377 g/mol. The van der Waals surface area contributed by atoms with Gasteiger partial charge < -0.3 is 15.2 Å². The summed E-state index contributed by atoms with van der Waals surface area (Å²) in [6, 6.07) is 5.04. The van der Waals surface area contributed by atoms with Crippen molar-refractivity contribution in [3.63, 3.8) is 0 Å². The van der Waals surface area contributed by atoms with E-state index in [1.807, 2.05) is 0 Å². The highest BCUT2D eigenvalue weighted by Gasteiger charge is 2.30. The lowest BCUT2D eigenvalue weighted by Gasteiger charge is -2.13. The quantitative estimate of drug-likeness (QED) is 0.828. The number of hydrogen-bond acceptors (Lipinski definition) is 3. The molecule has 1 aliphatic rings. The molecule has 0 aromatic heterocycles. The molecule has 1 amide bonds. The number of carboxylic acid groups (broad SMARTS) is 1. The molecule has 0 unspecified atom stereocenters. The molecule has 2 atom stereocenters. The standard InChI is InChI=1S/C14H15BrClNO4/c15-9-2-4-12(11(16)6-9)21-7-13(18)17-10-3-1-8(5-10)14(19)20/h2,4,6,8,10H,1,3,5,7H2,(H,17,18)(H,19,20)/t8-,10+/m0/s1. The minimum absolute atomic E-state index is 0.0948. The molecule has 7 heteroatoms. The SMILES string of the molecule is O=C(COc1ccc(Br)cc1Cl)N[C@@H]1CC[C@H](C(=O)O)C1. The summed E-state index contributed by atoms with van der Waals surface area (Å²) in [7, 11) is 0. The van der Waals surface area contributed by atoms with Gasteiger partial charge in [0, 0.05) is 10.5 Å². The van der Waals surface area contributed by atoms with Crippen LogP contribution < -0.4 is 10.1 Å². The van der Waals surface area contributed by atoms with Gasteiger partial charge in [-0.15, -0.1) is 0 Å². The second-order valence-corrected chi connectivity index (χ2v) is 6.30. The van der Waals surface area contributed by atoms with Crippen LogP contribution in [0.3, 0.4) is 0 Å².